The van der Waals surface area contributed by atoms with Gasteiger partial charge in [0.05, 0.1) is 16.4 Å². The standard InChI is InChI=1S/C14H9ClN2O3/c15-8-11-7-12(5-6-13(11)17(18)19)20-14-4-2-1-3-10(14)9-16/h1-7H,8H2. The van der Waals surface area contributed by atoms with Gasteiger partial charge in [-0.3, -0.25) is 10.1 Å². The molecule has 2 rings (SSSR count). The Bertz CT molecular complexity index is 695. The summed E-state index contributed by atoms with van der Waals surface area (Å²) in [5.41, 5.74) is 0.697. The molecule has 0 saturated carbocycles. The van der Waals surface area contributed by atoms with Gasteiger partial charge in [-0.25, -0.2) is 0 Å². The van der Waals surface area contributed by atoms with Gasteiger partial charge in [-0.05, 0) is 24.3 Å². The maximum atomic E-state index is 10.8. The Morgan fingerprint density at radius 3 is 2.70 bits per heavy atom. The van der Waals surface area contributed by atoms with Crippen molar-refractivity contribution >= 4 is 17.3 Å². The molecule has 0 radical (unpaired) electrons. The first-order chi connectivity index (χ1) is 9.65. The predicted octanol–water partition coefficient (Wildman–Crippen LogP) is 4.00. The van der Waals surface area contributed by atoms with Gasteiger partial charge >= 0.3 is 0 Å². The van der Waals surface area contributed by atoms with E-state index in [4.69, 9.17) is 21.6 Å². The molecular formula is C14H9ClN2O3. The Morgan fingerprint density at radius 2 is 2.05 bits per heavy atom. The number of hydrogen-bond donors (Lipinski definition) is 0. The zero-order valence-electron chi connectivity index (χ0n) is 10.2. The van der Waals surface area contributed by atoms with Crippen LogP contribution in [0.25, 0.3) is 0 Å². The number of rotatable bonds is 4. The number of nitriles is 1. The Labute approximate surface area is 120 Å². The van der Waals surface area contributed by atoms with Gasteiger partial charge in [0.15, 0.2) is 0 Å². The van der Waals surface area contributed by atoms with Crippen molar-refractivity contribution in [2.75, 3.05) is 0 Å². The molecule has 20 heavy (non-hydrogen) atoms. The minimum atomic E-state index is -0.495. The second-order valence-electron chi connectivity index (χ2n) is 3.89. The van der Waals surface area contributed by atoms with Crippen molar-refractivity contribution in [2.45, 2.75) is 5.88 Å². The molecule has 0 aromatic heterocycles. The molecular weight excluding hydrogens is 280 g/mol. The summed E-state index contributed by atoms with van der Waals surface area (Å²) in [5, 5.41) is 19.8. The molecule has 0 saturated heterocycles. The summed E-state index contributed by atoms with van der Waals surface area (Å²) in [4.78, 5) is 10.3. The van der Waals surface area contributed by atoms with Crippen molar-refractivity contribution < 1.29 is 9.66 Å². The first-order valence-corrected chi connectivity index (χ1v) is 6.19. The zero-order valence-corrected chi connectivity index (χ0v) is 11.0. The van der Waals surface area contributed by atoms with E-state index in [2.05, 4.69) is 0 Å². The van der Waals surface area contributed by atoms with Crippen LogP contribution in [0.5, 0.6) is 11.5 Å². The van der Waals surface area contributed by atoms with Crippen molar-refractivity contribution in [1.29, 1.82) is 5.26 Å². The van der Waals surface area contributed by atoms with Gasteiger partial charge in [-0.1, -0.05) is 12.1 Å². The lowest BCUT2D eigenvalue weighted by molar-refractivity contribution is -0.385. The number of alkyl halides is 1. The average Bonchev–Trinajstić information content (AvgIpc) is 2.47. The minimum absolute atomic E-state index is 0.00735. The summed E-state index contributed by atoms with van der Waals surface area (Å²) in [6, 6.07) is 13.1. The van der Waals surface area contributed by atoms with E-state index in [1.165, 1.54) is 18.2 Å². The molecule has 0 bridgehead atoms. The van der Waals surface area contributed by atoms with Crippen molar-refractivity contribution in [3.05, 3.63) is 63.7 Å². The van der Waals surface area contributed by atoms with E-state index in [1.807, 2.05) is 6.07 Å². The summed E-state index contributed by atoms with van der Waals surface area (Å²) in [6.45, 7) is 0. The van der Waals surface area contributed by atoms with Gasteiger partial charge in [0, 0.05) is 11.6 Å². The second-order valence-corrected chi connectivity index (χ2v) is 4.16. The number of benzene rings is 2. The highest BCUT2D eigenvalue weighted by molar-refractivity contribution is 6.17. The normalized spacial score (nSPS) is 9.80. The lowest BCUT2D eigenvalue weighted by Crippen LogP contribution is -1.95. The zero-order chi connectivity index (χ0) is 14.5. The van der Waals surface area contributed by atoms with Crippen molar-refractivity contribution in [3.63, 3.8) is 0 Å². The molecule has 0 unspecified atom stereocenters. The second kappa shape index (κ2) is 6.04. The first kappa shape index (κ1) is 13.8. The lowest BCUT2D eigenvalue weighted by Gasteiger charge is -2.08. The lowest BCUT2D eigenvalue weighted by atomic mass is 10.2. The summed E-state index contributed by atoms with van der Waals surface area (Å²) in [5.74, 6) is 0.797. The van der Waals surface area contributed by atoms with E-state index >= 15 is 0 Å². The molecule has 0 aliphatic rings. The minimum Gasteiger partial charge on any atom is -0.456 e. The Morgan fingerprint density at radius 1 is 1.30 bits per heavy atom. The maximum Gasteiger partial charge on any atom is 0.274 e. The van der Waals surface area contributed by atoms with Gasteiger partial charge < -0.3 is 4.74 Å². The maximum absolute atomic E-state index is 10.8. The first-order valence-electron chi connectivity index (χ1n) is 5.66. The van der Waals surface area contributed by atoms with Crippen LogP contribution < -0.4 is 4.74 Å². The van der Waals surface area contributed by atoms with E-state index in [0.29, 0.717) is 22.6 Å². The van der Waals surface area contributed by atoms with Gasteiger partial charge in [0.2, 0.25) is 0 Å². The van der Waals surface area contributed by atoms with Gasteiger partial charge in [-0.15, -0.1) is 11.6 Å². The predicted molar refractivity (Wildman–Crippen MR) is 73.9 cm³/mol. The molecule has 0 N–H and O–H groups in total. The molecule has 0 aliphatic carbocycles. The van der Waals surface area contributed by atoms with Gasteiger partial charge in [-0.2, -0.15) is 5.26 Å². The Hall–Kier alpha value is -2.58. The fraction of sp³-hybridized carbons (Fsp3) is 0.0714. The Kier molecular flexibility index (Phi) is 4.18. The van der Waals surface area contributed by atoms with Crippen LogP contribution in [-0.4, -0.2) is 4.92 Å². The number of ether oxygens (including phenoxy) is 1. The number of nitro groups is 1. The van der Waals surface area contributed by atoms with Crippen molar-refractivity contribution in [1.82, 2.24) is 0 Å². The SMILES string of the molecule is N#Cc1ccccc1Oc1ccc([N+](=O)[O-])c(CCl)c1. The largest absolute Gasteiger partial charge is 0.456 e. The van der Waals surface area contributed by atoms with Crippen LogP contribution in [0.3, 0.4) is 0 Å². The fourth-order valence-electron chi connectivity index (χ4n) is 1.69. The third kappa shape index (κ3) is 2.87. The highest BCUT2D eigenvalue weighted by Crippen LogP contribution is 2.30. The van der Waals surface area contributed by atoms with Crippen LogP contribution >= 0.6 is 11.6 Å². The topological polar surface area (TPSA) is 76.2 Å². The molecule has 0 fully saturated rings. The monoisotopic (exact) mass is 288 g/mol. The van der Waals surface area contributed by atoms with Crippen LogP contribution in [0.15, 0.2) is 42.5 Å². The summed E-state index contributed by atoms with van der Waals surface area (Å²) in [7, 11) is 0. The van der Waals surface area contributed by atoms with E-state index in [0.717, 1.165) is 0 Å². The van der Waals surface area contributed by atoms with E-state index in [-0.39, 0.29) is 11.6 Å². The quantitative estimate of drug-likeness (QED) is 0.484. The number of hydrogen-bond acceptors (Lipinski definition) is 4. The average molecular weight is 289 g/mol. The molecule has 0 heterocycles. The van der Waals surface area contributed by atoms with E-state index in [1.54, 1.807) is 24.3 Å². The molecule has 100 valence electrons. The number of nitro benzene ring substituents is 1. The van der Waals surface area contributed by atoms with Crippen LogP contribution in [0.2, 0.25) is 0 Å². The highest BCUT2D eigenvalue weighted by Gasteiger charge is 2.14. The molecule has 0 amide bonds. The molecule has 0 spiro atoms. The summed E-state index contributed by atoms with van der Waals surface area (Å²) < 4.78 is 5.57. The van der Waals surface area contributed by atoms with Crippen LogP contribution in [0.1, 0.15) is 11.1 Å². The third-order valence-electron chi connectivity index (χ3n) is 2.63. The Balaban J connectivity index is 2.35. The molecule has 2 aromatic carbocycles. The van der Waals surface area contributed by atoms with Crippen molar-refractivity contribution in [2.24, 2.45) is 0 Å². The number of para-hydroxylation sites is 1. The van der Waals surface area contributed by atoms with Gasteiger partial charge in [0.25, 0.3) is 5.69 Å². The van der Waals surface area contributed by atoms with Crippen LogP contribution in [0, 0.1) is 21.4 Å². The van der Waals surface area contributed by atoms with Gasteiger partial charge in [0.1, 0.15) is 17.6 Å². The number of nitrogens with zero attached hydrogens (tertiary/aromatic N) is 2. The molecule has 5 nitrogen and oxygen atoms in total. The van der Waals surface area contributed by atoms with Crippen LogP contribution in [0.4, 0.5) is 5.69 Å². The fourth-order valence-corrected chi connectivity index (χ4v) is 1.90. The molecule has 6 heteroatoms. The third-order valence-corrected chi connectivity index (χ3v) is 2.91. The van der Waals surface area contributed by atoms with Crippen LogP contribution in [-0.2, 0) is 5.88 Å². The molecule has 0 atom stereocenters. The van der Waals surface area contributed by atoms with E-state index in [9.17, 15) is 10.1 Å². The summed E-state index contributed by atoms with van der Waals surface area (Å²) >= 11 is 5.70. The highest BCUT2D eigenvalue weighted by atomic mass is 35.5. The smallest absolute Gasteiger partial charge is 0.274 e. The number of halogens is 1. The molecule has 2 aromatic rings. The van der Waals surface area contributed by atoms with Crippen molar-refractivity contribution in [3.8, 4) is 17.6 Å². The van der Waals surface area contributed by atoms with E-state index < -0.39 is 4.92 Å². The summed E-state index contributed by atoms with van der Waals surface area (Å²) in [6.07, 6.45) is 0. The molecule has 0 aliphatic heterocycles.